The van der Waals surface area contributed by atoms with Crippen molar-refractivity contribution in [2.75, 3.05) is 0 Å². The summed E-state index contributed by atoms with van der Waals surface area (Å²) in [5, 5.41) is 4.87. The Morgan fingerprint density at radius 2 is 1.39 bits per heavy atom. The molecule has 0 fully saturated rings. The number of nitrogens with zero attached hydrogens (tertiary/aromatic N) is 3. The zero-order valence-corrected chi connectivity index (χ0v) is 22.9. The van der Waals surface area contributed by atoms with E-state index in [0.29, 0.717) is 11.8 Å². The van der Waals surface area contributed by atoms with E-state index in [1.165, 1.54) is 33.4 Å². The van der Waals surface area contributed by atoms with Gasteiger partial charge in [0.25, 0.3) is 0 Å². The second-order valence-corrected chi connectivity index (χ2v) is 9.25. The number of benzene rings is 3. The third-order valence-corrected chi connectivity index (χ3v) is 6.08. The van der Waals surface area contributed by atoms with Gasteiger partial charge in [0.05, 0.1) is 11.5 Å². The van der Waals surface area contributed by atoms with Crippen LogP contribution in [0.5, 0.6) is 0 Å². The van der Waals surface area contributed by atoms with Crippen molar-refractivity contribution in [1.82, 2.24) is 14.8 Å². The summed E-state index contributed by atoms with van der Waals surface area (Å²) in [5.74, 6) is 2.36. The minimum absolute atomic E-state index is 0. The van der Waals surface area contributed by atoms with Crippen LogP contribution in [0.15, 0.2) is 54.6 Å². The van der Waals surface area contributed by atoms with Crippen LogP contribution in [0, 0.1) is 26.8 Å². The summed E-state index contributed by atoms with van der Waals surface area (Å²) in [6, 6.07) is 22.8. The van der Waals surface area contributed by atoms with Gasteiger partial charge in [-0.3, -0.25) is 9.67 Å². The Morgan fingerprint density at radius 1 is 0.818 bits per heavy atom. The molecule has 1 radical (unpaired) electrons. The Kier molecular flexibility index (Phi) is 7.72. The first-order valence-electron chi connectivity index (χ1n) is 11.4. The normalized spacial score (nSPS) is 11.2. The minimum Gasteiger partial charge on any atom is -0.262 e. The molecule has 0 aliphatic heterocycles. The van der Waals surface area contributed by atoms with Gasteiger partial charge in [-0.1, -0.05) is 64.1 Å². The van der Waals surface area contributed by atoms with Crippen LogP contribution in [0.25, 0.3) is 28.2 Å². The Balaban J connectivity index is 0.00000306. The number of aromatic nitrogens is 3. The molecule has 4 heteroatoms. The van der Waals surface area contributed by atoms with Crippen LogP contribution in [-0.2, 0) is 20.1 Å². The average molecular weight is 615 g/mol. The summed E-state index contributed by atoms with van der Waals surface area (Å²) in [5.41, 5.74) is 9.68. The van der Waals surface area contributed by atoms with Gasteiger partial charge in [0.1, 0.15) is 5.82 Å². The van der Waals surface area contributed by atoms with Crippen LogP contribution in [-0.4, -0.2) is 14.8 Å². The van der Waals surface area contributed by atoms with Crippen molar-refractivity contribution < 1.29 is 20.1 Å². The van der Waals surface area contributed by atoms with E-state index < -0.39 is 0 Å². The number of hydrogen-bond acceptors (Lipinski definition) is 2. The largest absolute Gasteiger partial charge is 0.262 e. The van der Waals surface area contributed by atoms with E-state index in [0.717, 1.165) is 22.9 Å². The zero-order chi connectivity index (χ0) is 23.0. The first-order valence-corrected chi connectivity index (χ1v) is 11.4. The van der Waals surface area contributed by atoms with Crippen LogP contribution < -0.4 is 0 Å². The Labute approximate surface area is 211 Å². The molecular formula is C29H32IrN3-. The topological polar surface area (TPSA) is 30.7 Å². The quantitative estimate of drug-likeness (QED) is 0.217. The molecule has 3 nitrogen and oxygen atoms in total. The van der Waals surface area contributed by atoms with Crippen molar-refractivity contribution in [3.05, 3.63) is 88.7 Å². The molecule has 0 unspecified atom stereocenters. The maximum absolute atomic E-state index is 4.87. The first-order chi connectivity index (χ1) is 15.3. The molecular weight excluding hydrogens is 583 g/mol. The van der Waals surface area contributed by atoms with Crippen LogP contribution in [0.4, 0.5) is 0 Å². The third-order valence-electron chi connectivity index (χ3n) is 6.08. The van der Waals surface area contributed by atoms with Gasteiger partial charge in [-0.2, -0.15) is 5.10 Å². The fraction of sp³-hybridized carbons (Fsp3) is 0.310. The van der Waals surface area contributed by atoms with E-state index in [1.54, 1.807) is 0 Å². The van der Waals surface area contributed by atoms with Crippen LogP contribution in [0.1, 0.15) is 67.6 Å². The molecule has 0 N–H and O–H groups in total. The van der Waals surface area contributed by atoms with Crippen molar-refractivity contribution in [2.45, 2.75) is 60.3 Å². The second-order valence-electron chi connectivity index (χ2n) is 9.25. The summed E-state index contributed by atoms with van der Waals surface area (Å²) in [7, 11) is 0. The monoisotopic (exact) mass is 615 g/mol. The molecule has 4 aromatic rings. The number of rotatable bonds is 5. The molecule has 0 bridgehead atoms. The van der Waals surface area contributed by atoms with Crippen molar-refractivity contribution in [2.24, 2.45) is 0 Å². The van der Waals surface area contributed by atoms with Crippen molar-refractivity contribution in [3.63, 3.8) is 0 Å². The van der Waals surface area contributed by atoms with Gasteiger partial charge >= 0.3 is 0 Å². The Morgan fingerprint density at radius 3 is 1.97 bits per heavy atom. The van der Waals surface area contributed by atoms with E-state index in [2.05, 4.69) is 96.1 Å². The van der Waals surface area contributed by atoms with Gasteiger partial charge in [0.2, 0.25) is 0 Å². The van der Waals surface area contributed by atoms with Gasteiger partial charge in [0, 0.05) is 20.1 Å². The molecule has 4 rings (SSSR count). The van der Waals surface area contributed by atoms with Crippen molar-refractivity contribution in [1.29, 1.82) is 0 Å². The SMILES string of the molecule is Cc1nc(-c2[c-]ccc(-c3c(C)cccc3C)c2)n(-c2c(C(C)C)cccc2C(C)C)n1.[Ir]. The number of para-hydroxylation sites is 1. The third kappa shape index (κ3) is 4.88. The number of hydrogen-bond donors (Lipinski definition) is 0. The second kappa shape index (κ2) is 10.2. The maximum atomic E-state index is 4.87. The molecule has 0 saturated heterocycles. The minimum atomic E-state index is 0. The van der Waals surface area contributed by atoms with Gasteiger partial charge in [0.15, 0.2) is 0 Å². The summed E-state index contributed by atoms with van der Waals surface area (Å²) in [6.45, 7) is 15.2. The van der Waals surface area contributed by atoms with E-state index in [9.17, 15) is 0 Å². The molecule has 0 amide bonds. The molecule has 0 spiro atoms. The molecule has 33 heavy (non-hydrogen) atoms. The van der Waals surface area contributed by atoms with Crippen molar-refractivity contribution >= 4 is 0 Å². The van der Waals surface area contributed by atoms with Gasteiger partial charge < -0.3 is 0 Å². The van der Waals surface area contributed by atoms with E-state index in [1.807, 2.05) is 17.7 Å². The molecule has 0 aliphatic rings. The van der Waals surface area contributed by atoms with E-state index in [4.69, 9.17) is 10.1 Å². The van der Waals surface area contributed by atoms with Gasteiger partial charge in [-0.05, 0) is 60.4 Å². The van der Waals surface area contributed by atoms with E-state index in [-0.39, 0.29) is 20.1 Å². The summed E-state index contributed by atoms with van der Waals surface area (Å²) >= 11 is 0. The first kappa shape index (κ1) is 25.1. The van der Waals surface area contributed by atoms with Crippen LogP contribution in [0.3, 0.4) is 0 Å². The molecule has 3 aromatic carbocycles. The van der Waals surface area contributed by atoms with Gasteiger partial charge in [-0.25, -0.2) is 0 Å². The maximum Gasteiger partial charge on any atom is 0.137 e. The summed E-state index contributed by atoms with van der Waals surface area (Å²) in [4.78, 5) is 4.86. The zero-order valence-electron chi connectivity index (χ0n) is 20.5. The van der Waals surface area contributed by atoms with Crippen molar-refractivity contribution in [3.8, 4) is 28.2 Å². The van der Waals surface area contributed by atoms with Crippen LogP contribution >= 0.6 is 0 Å². The predicted molar refractivity (Wildman–Crippen MR) is 133 cm³/mol. The standard InChI is InChI=1S/C29H32N3.Ir/c1-18(2)25-15-10-16-26(19(3)4)28(25)32-29(30-22(7)31-32)24-14-9-13-23(17-24)27-20(5)11-8-12-21(27)6;/h8-13,15-19H,1-7H3;/q-1;. The molecule has 0 saturated carbocycles. The average Bonchev–Trinajstić information content (AvgIpc) is 3.14. The molecule has 0 aliphatic carbocycles. The Bertz CT molecular complexity index is 1220. The predicted octanol–water partition coefficient (Wildman–Crippen LogP) is 7.57. The summed E-state index contributed by atoms with van der Waals surface area (Å²) < 4.78 is 2.04. The summed E-state index contributed by atoms with van der Waals surface area (Å²) in [6.07, 6.45) is 0. The van der Waals surface area contributed by atoms with Crippen LogP contribution in [0.2, 0.25) is 0 Å². The fourth-order valence-corrected chi connectivity index (χ4v) is 4.52. The van der Waals surface area contributed by atoms with Gasteiger partial charge in [-0.15, -0.1) is 35.4 Å². The Hall–Kier alpha value is -2.55. The van der Waals surface area contributed by atoms with E-state index >= 15 is 0 Å². The fourth-order valence-electron chi connectivity index (χ4n) is 4.52. The molecule has 1 heterocycles. The number of aryl methyl sites for hydroxylation is 3. The molecule has 1 aromatic heterocycles. The molecule has 0 atom stereocenters. The smallest absolute Gasteiger partial charge is 0.137 e. The molecule has 173 valence electrons.